The molecule has 1 saturated carbocycles. The number of rotatable bonds is 10. The molecule has 1 amide bonds. The van der Waals surface area contributed by atoms with Crippen LogP contribution in [0.15, 0.2) is 91.0 Å². The number of anilines is 2. The lowest BCUT2D eigenvalue weighted by Gasteiger charge is -2.57. The quantitative estimate of drug-likeness (QED) is 0.156. The molecule has 1 aliphatic heterocycles. The first-order valence-corrected chi connectivity index (χ1v) is 18.1. The number of hydrogen-bond acceptors (Lipinski definition) is 5. The Morgan fingerprint density at radius 2 is 1.80 bits per heavy atom. The van der Waals surface area contributed by atoms with Crippen LogP contribution in [0.5, 0.6) is 5.75 Å². The van der Waals surface area contributed by atoms with Gasteiger partial charge in [0.2, 0.25) is 0 Å². The number of carboxylic acids is 1. The van der Waals surface area contributed by atoms with Crippen LogP contribution >= 0.6 is 0 Å². The molecule has 0 bridgehead atoms. The highest BCUT2D eigenvalue weighted by Crippen LogP contribution is 2.59. The minimum Gasteiger partial charge on any atom is -0.482 e. The van der Waals surface area contributed by atoms with Crippen LogP contribution in [-0.4, -0.2) is 30.1 Å². The largest absolute Gasteiger partial charge is 0.482 e. The molecule has 4 aromatic rings. The highest BCUT2D eigenvalue weighted by molar-refractivity contribution is 5.97. The van der Waals surface area contributed by atoms with E-state index < -0.39 is 12.6 Å². The van der Waals surface area contributed by atoms with Crippen LogP contribution < -0.4 is 20.3 Å². The second kappa shape index (κ2) is 13.5. The van der Waals surface area contributed by atoms with E-state index in [1.54, 1.807) is 6.07 Å². The minimum absolute atomic E-state index is 0.0338. The zero-order valence-corrected chi connectivity index (χ0v) is 29.7. The Labute approximate surface area is 296 Å². The molecule has 0 aromatic heterocycles. The van der Waals surface area contributed by atoms with Crippen molar-refractivity contribution in [2.24, 2.45) is 11.3 Å². The Hall–Kier alpha value is -4.78. The molecule has 2 aliphatic carbocycles. The van der Waals surface area contributed by atoms with Gasteiger partial charge < -0.3 is 25.4 Å². The van der Waals surface area contributed by atoms with Gasteiger partial charge in [0.25, 0.3) is 5.91 Å². The van der Waals surface area contributed by atoms with Crippen molar-refractivity contribution in [1.82, 2.24) is 5.32 Å². The molecule has 0 radical (unpaired) electrons. The minimum atomic E-state index is -1.01. The SMILES string of the molecule is CC(C)c1ccc2c(c1)CCC1C(C)(CN3c4ccc(C(=O)NCc5ccccc5)cc4NC3c3cccc(OCC(=O)O)c3)CCCC21C. The second-order valence-corrected chi connectivity index (χ2v) is 15.4. The summed E-state index contributed by atoms with van der Waals surface area (Å²) in [6, 6.07) is 30.9. The van der Waals surface area contributed by atoms with Gasteiger partial charge >= 0.3 is 5.97 Å². The zero-order chi connectivity index (χ0) is 35.0. The number of carbonyl (C=O) groups is 2. The summed E-state index contributed by atoms with van der Waals surface area (Å²) in [7, 11) is 0. The predicted molar refractivity (Wildman–Crippen MR) is 199 cm³/mol. The van der Waals surface area contributed by atoms with E-state index in [9.17, 15) is 14.7 Å². The summed E-state index contributed by atoms with van der Waals surface area (Å²) in [5, 5.41) is 16.1. The average Bonchev–Trinajstić information content (AvgIpc) is 3.46. The van der Waals surface area contributed by atoms with Gasteiger partial charge in [0.05, 0.1) is 11.4 Å². The van der Waals surface area contributed by atoms with Gasteiger partial charge in [-0.1, -0.05) is 94.8 Å². The van der Waals surface area contributed by atoms with Crippen molar-refractivity contribution in [3.05, 3.63) is 124 Å². The first kappa shape index (κ1) is 33.7. The lowest BCUT2D eigenvalue weighted by molar-refractivity contribution is -0.139. The van der Waals surface area contributed by atoms with Gasteiger partial charge in [-0.15, -0.1) is 0 Å². The third kappa shape index (κ3) is 6.46. The highest BCUT2D eigenvalue weighted by Gasteiger charge is 2.53. The summed E-state index contributed by atoms with van der Waals surface area (Å²) < 4.78 is 5.61. The van der Waals surface area contributed by atoms with Gasteiger partial charge in [0, 0.05) is 18.7 Å². The molecular formula is C43H49N3O4. The van der Waals surface area contributed by atoms with Crippen molar-refractivity contribution >= 4 is 23.3 Å². The molecule has 3 N–H and O–H groups in total. The molecule has 0 spiro atoms. The maximum atomic E-state index is 13.3. The summed E-state index contributed by atoms with van der Waals surface area (Å²) >= 11 is 0. The molecule has 1 heterocycles. The van der Waals surface area contributed by atoms with Gasteiger partial charge in [-0.3, -0.25) is 4.79 Å². The van der Waals surface area contributed by atoms with Crippen LogP contribution in [0.25, 0.3) is 0 Å². The van der Waals surface area contributed by atoms with Crippen LogP contribution in [0.2, 0.25) is 0 Å². The first-order valence-electron chi connectivity index (χ1n) is 18.1. The fourth-order valence-corrected chi connectivity index (χ4v) is 9.23. The van der Waals surface area contributed by atoms with Gasteiger partial charge in [-0.25, -0.2) is 4.79 Å². The first-order chi connectivity index (χ1) is 24.0. The summed E-state index contributed by atoms with van der Waals surface area (Å²) in [6.07, 6.45) is 5.58. The van der Waals surface area contributed by atoms with E-state index >= 15 is 0 Å². The number of benzene rings is 4. The normalized spacial score (nSPS) is 23.7. The molecule has 1 fully saturated rings. The Morgan fingerprint density at radius 1 is 0.980 bits per heavy atom. The molecule has 4 unspecified atom stereocenters. The molecule has 0 saturated heterocycles. The monoisotopic (exact) mass is 671 g/mol. The number of amides is 1. The van der Waals surface area contributed by atoms with E-state index in [-0.39, 0.29) is 22.9 Å². The lowest BCUT2D eigenvalue weighted by atomic mass is 9.49. The van der Waals surface area contributed by atoms with E-state index in [4.69, 9.17) is 4.74 Å². The molecule has 4 aromatic carbocycles. The number of fused-ring (bicyclic) bond motifs is 4. The summed E-state index contributed by atoms with van der Waals surface area (Å²) in [6.45, 7) is 10.5. The van der Waals surface area contributed by atoms with Crippen LogP contribution in [0, 0.1) is 11.3 Å². The lowest BCUT2D eigenvalue weighted by Crippen LogP contribution is -2.53. The van der Waals surface area contributed by atoms with Crippen LogP contribution in [0.3, 0.4) is 0 Å². The summed E-state index contributed by atoms with van der Waals surface area (Å²) in [5.41, 5.74) is 9.25. The molecule has 50 heavy (non-hydrogen) atoms. The van der Waals surface area contributed by atoms with Crippen molar-refractivity contribution in [3.8, 4) is 5.75 Å². The molecular weight excluding hydrogens is 622 g/mol. The van der Waals surface area contributed by atoms with Crippen molar-refractivity contribution in [3.63, 3.8) is 0 Å². The van der Waals surface area contributed by atoms with Crippen molar-refractivity contribution in [2.45, 2.75) is 83.8 Å². The maximum Gasteiger partial charge on any atom is 0.341 e. The summed E-state index contributed by atoms with van der Waals surface area (Å²) in [4.78, 5) is 27.1. The molecule has 7 nitrogen and oxygen atoms in total. The van der Waals surface area contributed by atoms with Crippen molar-refractivity contribution < 1.29 is 19.4 Å². The van der Waals surface area contributed by atoms with Crippen LogP contribution in [0.4, 0.5) is 11.4 Å². The van der Waals surface area contributed by atoms with Gasteiger partial charge in [-0.05, 0) is 106 Å². The average molecular weight is 672 g/mol. The fraction of sp³-hybridized carbons (Fsp3) is 0.395. The maximum absolute atomic E-state index is 13.3. The van der Waals surface area contributed by atoms with Crippen molar-refractivity contribution in [1.29, 1.82) is 0 Å². The Bertz CT molecular complexity index is 1890. The Kier molecular flexibility index (Phi) is 9.10. The van der Waals surface area contributed by atoms with E-state index in [1.807, 2.05) is 54.6 Å². The third-order valence-electron chi connectivity index (χ3n) is 11.7. The van der Waals surface area contributed by atoms with E-state index in [1.165, 1.54) is 36.0 Å². The van der Waals surface area contributed by atoms with Gasteiger partial charge in [-0.2, -0.15) is 0 Å². The van der Waals surface area contributed by atoms with Gasteiger partial charge in [0.1, 0.15) is 11.9 Å². The van der Waals surface area contributed by atoms with Gasteiger partial charge in [0.15, 0.2) is 6.61 Å². The predicted octanol–water partition coefficient (Wildman–Crippen LogP) is 8.84. The smallest absolute Gasteiger partial charge is 0.341 e. The number of nitrogens with zero attached hydrogens (tertiary/aromatic N) is 1. The standard InChI is InChI=1S/C43H49N3O4/c1-28(2)30-14-17-35-31(22-30)16-19-38-42(3,20-9-21-43(35,38)4)27-46-37-18-15-33(41(49)44-25-29-10-6-5-7-11-29)24-36(37)45-40(46)32-12-8-13-34(23-32)50-26-39(47)48/h5-8,10-15,17-18,22-24,28,38,40,45H,9,16,19-21,25-27H2,1-4H3,(H,44,49)(H,47,48). The van der Waals surface area contributed by atoms with E-state index in [0.29, 0.717) is 29.7 Å². The topological polar surface area (TPSA) is 90.9 Å². The van der Waals surface area contributed by atoms with Crippen LogP contribution in [0.1, 0.15) is 104 Å². The van der Waals surface area contributed by atoms with Crippen LogP contribution in [-0.2, 0) is 23.2 Å². The van der Waals surface area contributed by atoms with E-state index in [0.717, 1.165) is 41.9 Å². The number of carbonyl (C=O) groups excluding carboxylic acids is 1. The molecule has 3 aliphatic rings. The second-order valence-electron chi connectivity index (χ2n) is 15.4. The highest BCUT2D eigenvalue weighted by atomic mass is 16.5. The van der Waals surface area contributed by atoms with Crippen molar-refractivity contribution in [2.75, 3.05) is 23.4 Å². The number of carboxylic acid groups (broad SMARTS) is 1. The zero-order valence-electron chi connectivity index (χ0n) is 29.7. The number of nitrogens with one attached hydrogen (secondary N) is 2. The number of aliphatic carboxylic acids is 1. The summed E-state index contributed by atoms with van der Waals surface area (Å²) in [5.74, 6) is 0.424. The fourth-order valence-electron chi connectivity index (χ4n) is 9.23. The molecule has 4 atom stereocenters. The number of ether oxygens (including phenoxy) is 1. The molecule has 7 rings (SSSR count). The third-order valence-corrected chi connectivity index (χ3v) is 11.7. The molecule has 7 heteroatoms. The van der Waals surface area contributed by atoms with E-state index in [2.05, 4.69) is 73.6 Å². The number of aryl methyl sites for hydroxylation is 1. The Morgan fingerprint density at radius 3 is 2.58 bits per heavy atom. The number of hydrogen-bond donors (Lipinski definition) is 3. The Balaban J connectivity index is 1.21. The molecule has 260 valence electrons.